The number of rotatable bonds is 4. The lowest BCUT2D eigenvalue weighted by Gasteiger charge is -2.14. The van der Waals surface area contributed by atoms with E-state index in [1.165, 1.54) is 0 Å². The van der Waals surface area contributed by atoms with Crippen LogP contribution in [-0.4, -0.2) is 44.5 Å². The van der Waals surface area contributed by atoms with Crippen LogP contribution in [0.15, 0.2) is 6.33 Å². The molecule has 1 atom stereocenters. The van der Waals surface area contributed by atoms with Crippen LogP contribution in [0.1, 0.15) is 19.2 Å². The highest BCUT2D eigenvalue weighted by atomic mass is 16.3. The molecule has 15 heavy (non-hydrogen) atoms. The fourth-order valence-electron chi connectivity index (χ4n) is 2.08. The van der Waals surface area contributed by atoms with Crippen molar-refractivity contribution in [1.82, 2.24) is 19.7 Å². The van der Waals surface area contributed by atoms with Gasteiger partial charge in [-0.1, -0.05) is 0 Å². The summed E-state index contributed by atoms with van der Waals surface area (Å²) in [4.78, 5) is 6.58. The normalized spacial score (nSPS) is 22.4. The van der Waals surface area contributed by atoms with Gasteiger partial charge in [0.15, 0.2) is 0 Å². The minimum Gasteiger partial charge on any atom is -0.396 e. The molecule has 1 fully saturated rings. The van der Waals surface area contributed by atoms with E-state index in [0.717, 1.165) is 38.4 Å². The second-order valence-corrected chi connectivity index (χ2v) is 4.06. The summed E-state index contributed by atoms with van der Waals surface area (Å²) in [5.74, 6) is 1.47. The molecule has 1 unspecified atom stereocenters. The van der Waals surface area contributed by atoms with E-state index in [1.54, 1.807) is 6.33 Å². The van der Waals surface area contributed by atoms with Crippen LogP contribution in [0.4, 0.5) is 0 Å². The standard InChI is InChI=1S/C10H18N4O/c1-2-14-10(11-8-12-14)6-13-4-3-9(5-13)7-15/h8-9,15H,2-7H2,1H3. The van der Waals surface area contributed by atoms with E-state index < -0.39 is 0 Å². The summed E-state index contributed by atoms with van der Waals surface area (Å²) in [5.41, 5.74) is 0. The van der Waals surface area contributed by atoms with Gasteiger partial charge in [-0.3, -0.25) is 4.90 Å². The second-order valence-electron chi connectivity index (χ2n) is 4.06. The molecule has 0 bridgehead atoms. The zero-order valence-corrected chi connectivity index (χ0v) is 9.13. The molecule has 1 aromatic heterocycles. The van der Waals surface area contributed by atoms with Crippen molar-refractivity contribution in [3.8, 4) is 0 Å². The van der Waals surface area contributed by atoms with Gasteiger partial charge in [-0.15, -0.1) is 0 Å². The van der Waals surface area contributed by atoms with E-state index in [9.17, 15) is 0 Å². The van der Waals surface area contributed by atoms with Gasteiger partial charge < -0.3 is 5.11 Å². The molecule has 0 aromatic carbocycles. The van der Waals surface area contributed by atoms with Gasteiger partial charge in [-0.05, 0) is 25.8 Å². The van der Waals surface area contributed by atoms with Gasteiger partial charge in [0, 0.05) is 19.7 Å². The summed E-state index contributed by atoms with van der Waals surface area (Å²) < 4.78 is 1.92. The molecule has 5 nitrogen and oxygen atoms in total. The number of aliphatic hydroxyl groups is 1. The number of aromatic nitrogens is 3. The van der Waals surface area contributed by atoms with Gasteiger partial charge in [-0.2, -0.15) is 5.10 Å². The first kappa shape index (κ1) is 10.6. The van der Waals surface area contributed by atoms with Gasteiger partial charge >= 0.3 is 0 Å². The maximum absolute atomic E-state index is 9.05. The number of aryl methyl sites for hydroxylation is 1. The van der Waals surface area contributed by atoms with Gasteiger partial charge in [0.25, 0.3) is 0 Å². The molecule has 2 rings (SSSR count). The fourth-order valence-corrected chi connectivity index (χ4v) is 2.08. The molecule has 0 radical (unpaired) electrons. The number of hydrogen-bond acceptors (Lipinski definition) is 4. The lowest BCUT2D eigenvalue weighted by molar-refractivity contribution is 0.218. The molecule has 1 saturated heterocycles. The van der Waals surface area contributed by atoms with Crippen LogP contribution >= 0.6 is 0 Å². The van der Waals surface area contributed by atoms with Crippen LogP contribution in [0.25, 0.3) is 0 Å². The van der Waals surface area contributed by atoms with Crippen LogP contribution in [-0.2, 0) is 13.1 Å². The lowest BCUT2D eigenvalue weighted by Crippen LogP contribution is -2.23. The zero-order valence-electron chi connectivity index (χ0n) is 9.13. The van der Waals surface area contributed by atoms with Crippen molar-refractivity contribution < 1.29 is 5.11 Å². The van der Waals surface area contributed by atoms with Gasteiger partial charge in [0.05, 0.1) is 6.54 Å². The van der Waals surface area contributed by atoms with Gasteiger partial charge in [-0.25, -0.2) is 9.67 Å². The number of nitrogens with zero attached hydrogens (tertiary/aromatic N) is 4. The van der Waals surface area contributed by atoms with Gasteiger partial charge in [0.1, 0.15) is 12.2 Å². The zero-order chi connectivity index (χ0) is 10.7. The van der Waals surface area contributed by atoms with Crippen molar-refractivity contribution in [2.24, 2.45) is 5.92 Å². The molecule has 0 aliphatic carbocycles. The first-order valence-corrected chi connectivity index (χ1v) is 5.53. The summed E-state index contributed by atoms with van der Waals surface area (Å²) in [5, 5.41) is 13.2. The third kappa shape index (κ3) is 2.35. The summed E-state index contributed by atoms with van der Waals surface area (Å²) in [6.45, 7) is 6.13. The Balaban J connectivity index is 1.92. The van der Waals surface area contributed by atoms with Gasteiger partial charge in [0.2, 0.25) is 0 Å². The Kier molecular flexibility index (Phi) is 3.33. The van der Waals surface area contributed by atoms with E-state index >= 15 is 0 Å². The Morgan fingerprint density at radius 2 is 2.47 bits per heavy atom. The van der Waals surface area contributed by atoms with E-state index in [-0.39, 0.29) is 0 Å². The highest BCUT2D eigenvalue weighted by Gasteiger charge is 2.22. The van der Waals surface area contributed by atoms with E-state index in [4.69, 9.17) is 5.11 Å². The topological polar surface area (TPSA) is 54.2 Å². The maximum atomic E-state index is 9.05. The lowest BCUT2D eigenvalue weighted by atomic mass is 10.1. The molecule has 0 spiro atoms. The van der Waals surface area contributed by atoms with E-state index in [0.29, 0.717) is 12.5 Å². The summed E-state index contributed by atoms with van der Waals surface area (Å²) >= 11 is 0. The molecule has 0 saturated carbocycles. The molecule has 1 aliphatic rings. The predicted octanol–water partition coefficient (Wildman–Crippen LogP) is 0.112. The average molecular weight is 210 g/mol. The molecular weight excluding hydrogens is 192 g/mol. The highest BCUT2D eigenvalue weighted by molar-refractivity contribution is 4.87. The third-order valence-electron chi connectivity index (χ3n) is 2.99. The number of aliphatic hydroxyl groups excluding tert-OH is 1. The SMILES string of the molecule is CCn1ncnc1CN1CCC(CO)C1. The molecule has 2 heterocycles. The Bertz CT molecular complexity index is 312. The van der Waals surface area contributed by atoms with Crippen molar-refractivity contribution in [2.45, 2.75) is 26.4 Å². The minimum atomic E-state index is 0.303. The Morgan fingerprint density at radius 1 is 1.60 bits per heavy atom. The Hall–Kier alpha value is -0.940. The first-order valence-electron chi connectivity index (χ1n) is 5.53. The van der Waals surface area contributed by atoms with E-state index in [2.05, 4.69) is 21.9 Å². The Morgan fingerprint density at radius 3 is 3.13 bits per heavy atom. The van der Waals surface area contributed by atoms with Crippen LogP contribution in [0.2, 0.25) is 0 Å². The summed E-state index contributed by atoms with van der Waals surface area (Å²) in [7, 11) is 0. The molecule has 1 aromatic rings. The third-order valence-corrected chi connectivity index (χ3v) is 2.99. The first-order chi connectivity index (χ1) is 7.33. The van der Waals surface area contributed by atoms with Crippen LogP contribution in [0.3, 0.4) is 0 Å². The summed E-state index contributed by atoms with van der Waals surface area (Å²) in [6.07, 6.45) is 2.70. The number of likely N-dealkylation sites (tertiary alicyclic amines) is 1. The molecule has 1 N–H and O–H groups in total. The van der Waals surface area contributed by atoms with Crippen molar-refractivity contribution in [2.75, 3.05) is 19.7 Å². The molecule has 1 aliphatic heterocycles. The van der Waals surface area contributed by atoms with Crippen molar-refractivity contribution in [1.29, 1.82) is 0 Å². The maximum Gasteiger partial charge on any atom is 0.140 e. The van der Waals surface area contributed by atoms with Crippen LogP contribution in [0, 0.1) is 5.92 Å². The second kappa shape index (κ2) is 4.72. The average Bonchev–Trinajstić information content (AvgIpc) is 2.87. The molecular formula is C10H18N4O. The van der Waals surface area contributed by atoms with Crippen LogP contribution < -0.4 is 0 Å². The number of hydrogen-bond donors (Lipinski definition) is 1. The minimum absolute atomic E-state index is 0.303. The predicted molar refractivity (Wildman–Crippen MR) is 56.2 cm³/mol. The largest absolute Gasteiger partial charge is 0.396 e. The molecule has 5 heteroatoms. The van der Waals surface area contributed by atoms with Crippen molar-refractivity contribution in [3.63, 3.8) is 0 Å². The summed E-state index contributed by atoms with van der Waals surface area (Å²) in [6, 6.07) is 0. The highest BCUT2D eigenvalue weighted by Crippen LogP contribution is 2.17. The van der Waals surface area contributed by atoms with Crippen molar-refractivity contribution in [3.05, 3.63) is 12.2 Å². The van der Waals surface area contributed by atoms with Crippen LogP contribution in [0.5, 0.6) is 0 Å². The fraction of sp³-hybridized carbons (Fsp3) is 0.800. The Labute approximate surface area is 89.7 Å². The van der Waals surface area contributed by atoms with E-state index in [1.807, 2.05) is 4.68 Å². The monoisotopic (exact) mass is 210 g/mol. The van der Waals surface area contributed by atoms with Crippen molar-refractivity contribution >= 4 is 0 Å². The molecule has 0 amide bonds. The quantitative estimate of drug-likeness (QED) is 0.766. The molecule has 84 valence electrons. The smallest absolute Gasteiger partial charge is 0.140 e.